The highest BCUT2D eigenvalue weighted by atomic mass is 15.1. The van der Waals surface area contributed by atoms with Crippen molar-refractivity contribution in [2.24, 2.45) is 0 Å². The third-order valence-corrected chi connectivity index (χ3v) is 18.1. The van der Waals surface area contributed by atoms with Crippen molar-refractivity contribution < 1.29 is 0 Å². The molecule has 356 valence electrons. The molecule has 0 fully saturated rings. The number of hydrogen-bond acceptors (Lipinski definition) is 1. The summed E-state index contributed by atoms with van der Waals surface area (Å²) in [6, 6.07) is 103. The summed E-state index contributed by atoms with van der Waals surface area (Å²) < 4.78 is 4.96. The van der Waals surface area contributed by atoms with Crippen LogP contribution in [0, 0.1) is 0 Å². The van der Waals surface area contributed by atoms with Gasteiger partial charge in [0.25, 0.3) is 0 Å². The average Bonchev–Trinajstić information content (AvgIpc) is 3.66. The fourth-order valence-electron chi connectivity index (χ4n) is 15.4. The van der Waals surface area contributed by atoms with Gasteiger partial charge >= 0.3 is 0 Å². The molecule has 3 nitrogen and oxygen atoms in total. The summed E-state index contributed by atoms with van der Waals surface area (Å²) in [5, 5.41) is 5.06. The van der Waals surface area contributed by atoms with Crippen molar-refractivity contribution in [3.8, 4) is 44.8 Å². The van der Waals surface area contributed by atoms with Gasteiger partial charge < -0.3 is 14.0 Å². The molecule has 3 heterocycles. The van der Waals surface area contributed by atoms with E-state index in [1.807, 2.05) is 0 Å². The Balaban J connectivity index is 0.930. The topological polar surface area (TPSA) is 13.1 Å². The number of aromatic nitrogens is 2. The normalized spacial score (nSPS) is 15.4. The smallest absolute Gasteiger partial charge is 0.0755 e. The van der Waals surface area contributed by atoms with E-state index in [2.05, 4.69) is 287 Å². The van der Waals surface area contributed by atoms with E-state index < -0.39 is 10.8 Å². The Kier molecular flexibility index (Phi) is 8.00. The summed E-state index contributed by atoms with van der Waals surface area (Å²) in [5.74, 6) is 0. The molecule has 3 aliphatic carbocycles. The van der Waals surface area contributed by atoms with Gasteiger partial charge in [-0.05, 0) is 139 Å². The number of benzene rings is 12. The molecule has 12 aromatic carbocycles. The summed E-state index contributed by atoms with van der Waals surface area (Å²) in [4.78, 5) is 2.57. The standard InChI is InChI=1S/C74H45N3/c1-8-27-58-49(19-1)50-20-2-9-28-59(50)73(58)61-30-11-4-25-57(61)71-63(73)32-18-38-70(71)75(46-39-41-47(42-40-46)76-66-34-13-5-22-53(66)54-23-6-14-35-67(54)76)48-43-44-52-51-21-3-10-29-60(51)74(65(52)45-48)62-31-12-16-37-69(62)77-68-36-15-7-24-55(68)56-26-17-33-64(74)72(56)77/h1-45H. The van der Waals surface area contributed by atoms with E-state index in [1.54, 1.807) is 0 Å². The molecule has 0 N–H and O–H groups in total. The van der Waals surface area contributed by atoms with E-state index in [4.69, 9.17) is 0 Å². The highest BCUT2D eigenvalue weighted by molar-refractivity contribution is 6.13. The van der Waals surface area contributed by atoms with Crippen LogP contribution in [-0.2, 0) is 10.8 Å². The Morgan fingerprint density at radius 3 is 1.34 bits per heavy atom. The second-order valence-corrected chi connectivity index (χ2v) is 21.4. The van der Waals surface area contributed by atoms with Crippen LogP contribution in [0.4, 0.5) is 17.1 Å². The van der Waals surface area contributed by atoms with Gasteiger partial charge in [0.2, 0.25) is 0 Å². The van der Waals surface area contributed by atoms with Crippen LogP contribution >= 0.6 is 0 Å². The fraction of sp³-hybridized carbons (Fsp3) is 0.0270. The Morgan fingerprint density at radius 1 is 0.273 bits per heavy atom. The lowest BCUT2D eigenvalue weighted by molar-refractivity contribution is 0.748. The van der Waals surface area contributed by atoms with Crippen LogP contribution in [0.2, 0.25) is 0 Å². The molecule has 0 saturated heterocycles. The molecule has 14 aromatic rings. The maximum absolute atomic E-state index is 2.57. The number of anilines is 3. The molecule has 1 atom stereocenters. The highest BCUT2D eigenvalue weighted by Gasteiger charge is 2.54. The van der Waals surface area contributed by atoms with Gasteiger partial charge in [-0.2, -0.15) is 0 Å². The van der Waals surface area contributed by atoms with E-state index in [0.29, 0.717) is 0 Å². The molecule has 1 aliphatic heterocycles. The molecule has 77 heavy (non-hydrogen) atoms. The van der Waals surface area contributed by atoms with Crippen molar-refractivity contribution in [1.82, 2.24) is 9.13 Å². The summed E-state index contributed by atoms with van der Waals surface area (Å²) in [6.45, 7) is 0. The van der Waals surface area contributed by atoms with Crippen LogP contribution in [0.1, 0.15) is 44.5 Å². The van der Waals surface area contributed by atoms with Gasteiger partial charge in [0, 0.05) is 44.2 Å². The molecule has 4 aliphatic rings. The van der Waals surface area contributed by atoms with Crippen molar-refractivity contribution in [2.45, 2.75) is 10.8 Å². The van der Waals surface area contributed by atoms with Crippen molar-refractivity contribution in [1.29, 1.82) is 0 Å². The molecular formula is C74H45N3. The van der Waals surface area contributed by atoms with E-state index in [1.165, 1.54) is 127 Å². The zero-order valence-electron chi connectivity index (χ0n) is 41.8. The summed E-state index contributed by atoms with van der Waals surface area (Å²) in [7, 11) is 0. The minimum absolute atomic E-state index is 0.492. The summed E-state index contributed by atoms with van der Waals surface area (Å²) in [5.41, 5.74) is 27.7. The van der Waals surface area contributed by atoms with Crippen LogP contribution < -0.4 is 4.90 Å². The van der Waals surface area contributed by atoms with E-state index in [-0.39, 0.29) is 0 Å². The van der Waals surface area contributed by atoms with Gasteiger partial charge in [-0.1, -0.05) is 206 Å². The molecule has 2 spiro atoms. The number of hydrogen-bond donors (Lipinski definition) is 0. The van der Waals surface area contributed by atoms with Crippen LogP contribution in [-0.4, -0.2) is 9.13 Å². The lowest BCUT2D eigenvalue weighted by Gasteiger charge is -2.40. The molecule has 0 radical (unpaired) electrons. The van der Waals surface area contributed by atoms with Gasteiger partial charge in [-0.15, -0.1) is 0 Å². The Bertz CT molecular complexity index is 4790. The van der Waals surface area contributed by atoms with Crippen LogP contribution in [0.15, 0.2) is 273 Å². The Morgan fingerprint density at radius 2 is 0.701 bits per heavy atom. The molecule has 2 aromatic heterocycles. The average molecular weight is 976 g/mol. The number of rotatable bonds is 4. The second-order valence-electron chi connectivity index (χ2n) is 21.4. The van der Waals surface area contributed by atoms with Gasteiger partial charge in [0.15, 0.2) is 0 Å². The first-order valence-corrected chi connectivity index (χ1v) is 26.9. The fourth-order valence-corrected chi connectivity index (χ4v) is 15.4. The monoisotopic (exact) mass is 975 g/mol. The molecule has 18 rings (SSSR count). The molecule has 1 unspecified atom stereocenters. The van der Waals surface area contributed by atoms with Crippen LogP contribution in [0.3, 0.4) is 0 Å². The Hall–Kier alpha value is -9.96. The number of para-hydroxylation sites is 5. The number of fused-ring (bicyclic) bond motifs is 25. The quantitative estimate of drug-likeness (QED) is 0.171. The third-order valence-electron chi connectivity index (χ3n) is 18.1. The summed E-state index contributed by atoms with van der Waals surface area (Å²) >= 11 is 0. The molecule has 3 heteroatoms. The first-order valence-electron chi connectivity index (χ1n) is 26.9. The van der Waals surface area contributed by atoms with Gasteiger partial charge in [0.1, 0.15) is 0 Å². The van der Waals surface area contributed by atoms with Crippen molar-refractivity contribution in [3.05, 3.63) is 317 Å². The molecular weight excluding hydrogens is 931 g/mol. The van der Waals surface area contributed by atoms with Crippen molar-refractivity contribution in [2.75, 3.05) is 4.90 Å². The second kappa shape index (κ2) is 14.9. The first-order chi connectivity index (χ1) is 38.2. The Labute approximate surface area is 445 Å². The first kappa shape index (κ1) is 41.4. The number of nitrogens with zero attached hydrogens (tertiary/aromatic N) is 3. The minimum Gasteiger partial charge on any atom is -0.310 e. The SMILES string of the molecule is c1ccc2c(c1)-c1ccccc1C21c2ccccc2-c2c(N(c3ccc(-n4c5ccccc5c5ccccc54)cc3)c3ccc4c(c3)C3(c5ccccc5-4)c4ccccc4-n4c5ccccc5c5cccc3c54)cccc21. The van der Waals surface area contributed by atoms with Crippen LogP contribution in [0.5, 0.6) is 0 Å². The van der Waals surface area contributed by atoms with Gasteiger partial charge in [0.05, 0.1) is 44.3 Å². The van der Waals surface area contributed by atoms with Crippen molar-refractivity contribution in [3.63, 3.8) is 0 Å². The van der Waals surface area contributed by atoms with E-state index in [9.17, 15) is 0 Å². The molecule has 0 saturated carbocycles. The lowest BCUT2D eigenvalue weighted by Crippen LogP contribution is -2.33. The van der Waals surface area contributed by atoms with E-state index >= 15 is 0 Å². The maximum Gasteiger partial charge on any atom is 0.0755 e. The highest BCUT2D eigenvalue weighted by Crippen LogP contribution is 2.66. The largest absolute Gasteiger partial charge is 0.310 e. The lowest BCUT2D eigenvalue weighted by atomic mass is 9.65. The zero-order valence-corrected chi connectivity index (χ0v) is 41.8. The van der Waals surface area contributed by atoms with Gasteiger partial charge in [-0.25, -0.2) is 0 Å². The third kappa shape index (κ3) is 4.99. The molecule has 0 amide bonds. The predicted molar refractivity (Wildman–Crippen MR) is 317 cm³/mol. The summed E-state index contributed by atoms with van der Waals surface area (Å²) in [6.07, 6.45) is 0. The maximum atomic E-state index is 2.57. The van der Waals surface area contributed by atoms with Crippen LogP contribution in [0.25, 0.3) is 88.4 Å². The van der Waals surface area contributed by atoms with Gasteiger partial charge in [-0.3, -0.25) is 0 Å². The zero-order chi connectivity index (χ0) is 50.1. The van der Waals surface area contributed by atoms with Crippen molar-refractivity contribution >= 4 is 60.7 Å². The molecule has 0 bridgehead atoms. The predicted octanol–water partition coefficient (Wildman–Crippen LogP) is 18.4. The van der Waals surface area contributed by atoms with E-state index in [0.717, 1.165) is 22.7 Å². The minimum atomic E-state index is -0.610.